The lowest BCUT2D eigenvalue weighted by atomic mass is 9.85. The molecule has 1 aromatic carbocycles. The smallest absolute Gasteiger partial charge is 0.125 e. The van der Waals surface area contributed by atoms with Crippen molar-refractivity contribution in [3.8, 4) is 0 Å². The standard InChI is InChI=1S/C19H27NO/c1-7-10-20-19(17-9-8-11-21-17)18-15(5)13(3)12(2)14(4)16(18)6/h8-9,11,19-20H,7,10H2,1-6H3. The Bertz CT molecular complexity index is 582. The molecular formula is C19H27NO. The Morgan fingerprint density at radius 3 is 2.00 bits per heavy atom. The van der Waals surface area contributed by atoms with Gasteiger partial charge in [0.25, 0.3) is 0 Å². The molecule has 0 amide bonds. The molecule has 0 fully saturated rings. The fourth-order valence-electron chi connectivity index (χ4n) is 3.05. The van der Waals surface area contributed by atoms with Crippen LogP contribution in [0.15, 0.2) is 22.8 Å². The summed E-state index contributed by atoms with van der Waals surface area (Å²) in [6.07, 6.45) is 2.87. The molecule has 21 heavy (non-hydrogen) atoms. The average Bonchev–Trinajstić information content (AvgIpc) is 3.00. The lowest BCUT2D eigenvalue weighted by molar-refractivity contribution is 0.444. The molecule has 1 atom stereocenters. The van der Waals surface area contributed by atoms with Crippen LogP contribution in [0.5, 0.6) is 0 Å². The SMILES string of the molecule is CCCNC(c1ccco1)c1c(C)c(C)c(C)c(C)c1C. The largest absolute Gasteiger partial charge is 0.467 e. The predicted octanol–water partition coefficient (Wildman–Crippen LogP) is 4.91. The van der Waals surface area contributed by atoms with Gasteiger partial charge >= 0.3 is 0 Å². The highest BCUT2D eigenvalue weighted by atomic mass is 16.3. The number of rotatable bonds is 5. The van der Waals surface area contributed by atoms with Gasteiger partial charge in [0.2, 0.25) is 0 Å². The zero-order valence-electron chi connectivity index (χ0n) is 14.1. The van der Waals surface area contributed by atoms with Gasteiger partial charge in [-0.15, -0.1) is 0 Å². The van der Waals surface area contributed by atoms with E-state index in [0.29, 0.717) is 0 Å². The van der Waals surface area contributed by atoms with Crippen LogP contribution < -0.4 is 5.32 Å². The van der Waals surface area contributed by atoms with Crippen molar-refractivity contribution < 1.29 is 4.42 Å². The molecule has 0 bridgehead atoms. The fourth-order valence-corrected chi connectivity index (χ4v) is 3.05. The Morgan fingerprint density at radius 2 is 1.52 bits per heavy atom. The third-order valence-corrected chi connectivity index (χ3v) is 4.77. The first-order valence-corrected chi connectivity index (χ1v) is 7.82. The summed E-state index contributed by atoms with van der Waals surface area (Å²) < 4.78 is 5.70. The van der Waals surface area contributed by atoms with E-state index in [1.165, 1.54) is 33.4 Å². The Kier molecular flexibility index (Phi) is 4.89. The van der Waals surface area contributed by atoms with Crippen LogP contribution >= 0.6 is 0 Å². The molecule has 114 valence electrons. The van der Waals surface area contributed by atoms with Gasteiger partial charge in [-0.05, 0) is 93.1 Å². The van der Waals surface area contributed by atoms with Gasteiger partial charge in [0.15, 0.2) is 0 Å². The van der Waals surface area contributed by atoms with E-state index in [-0.39, 0.29) is 6.04 Å². The van der Waals surface area contributed by atoms with Crippen LogP contribution in [-0.4, -0.2) is 6.54 Å². The molecule has 1 heterocycles. The van der Waals surface area contributed by atoms with Gasteiger partial charge in [-0.2, -0.15) is 0 Å². The highest BCUT2D eigenvalue weighted by Crippen LogP contribution is 2.33. The Morgan fingerprint density at radius 1 is 0.952 bits per heavy atom. The highest BCUT2D eigenvalue weighted by Gasteiger charge is 2.23. The van der Waals surface area contributed by atoms with Crippen LogP contribution in [0.2, 0.25) is 0 Å². The van der Waals surface area contributed by atoms with Gasteiger partial charge in [-0.1, -0.05) is 6.92 Å². The number of benzene rings is 1. The van der Waals surface area contributed by atoms with E-state index in [0.717, 1.165) is 18.7 Å². The van der Waals surface area contributed by atoms with E-state index in [1.807, 2.05) is 6.07 Å². The van der Waals surface area contributed by atoms with Gasteiger partial charge in [0, 0.05) is 0 Å². The third-order valence-electron chi connectivity index (χ3n) is 4.77. The number of nitrogens with one attached hydrogen (secondary N) is 1. The molecule has 0 saturated heterocycles. The average molecular weight is 285 g/mol. The molecule has 2 aromatic rings. The van der Waals surface area contributed by atoms with Crippen LogP contribution in [0.4, 0.5) is 0 Å². The van der Waals surface area contributed by atoms with Gasteiger partial charge in [0.05, 0.1) is 12.3 Å². The van der Waals surface area contributed by atoms with Gasteiger partial charge in [0.1, 0.15) is 5.76 Å². The highest BCUT2D eigenvalue weighted by molar-refractivity contribution is 5.52. The summed E-state index contributed by atoms with van der Waals surface area (Å²) in [5, 5.41) is 3.65. The molecule has 2 nitrogen and oxygen atoms in total. The van der Waals surface area contributed by atoms with Crippen molar-refractivity contribution in [3.63, 3.8) is 0 Å². The first-order valence-electron chi connectivity index (χ1n) is 7.82. The molecule has 1 aromatic heterocycles. The normalized spacial score (nSPS) is 12.7. The second kappa shape index (κ2) is 6.48. The first kappa shape index (κ1) is 15.8. The minimum absolute atomic E-state index is 0.137. The minimum atomic E-state index is 0.137. The van der Waals surface area contributed by atoms with Gasteiger partial charge in [-0.25, -0.2) is 0 Å². The summed E-state index contributed by atoms with van der Waals surface area (Å²) in [6, 6.07) is 4.17. The summed E-state index contributed by atoms with van der Waals surface area (Å²) in [5.41, 5.74) is 8.31. The molecule has 0 spiro atoms. The second-order valence-corrected chi connectivity index (χ2v) is 5.94. The van der Waals surface area contributed by atoms with Crippen molar-refractivity contribution in [1.29, 1.82) is 0 Å². The minimum Gasteiger partial charge on any atom is -0.467 e. The van der Waals surface area contributed by atoms with E-state index in [4.69, 9.17) is 4.42 Å². The molecule has 0 aliphatic heterocycles. The molecule has 0 saturated carbocycles. The molecule has 1 N–H and O–H groups in total. The lowest BCUT2D eigenvalue weighted by Crippen LogP contribution is -2.25. The van der Waals surface area contributed by atoms with Crippen molar-refractivity contribution >= 4 is 0 Å². The number of hydrogen-bond donors (Lipinski definition) is 1. The molecule has 0 aliphatic carbocycles. The molecular weight excluding hydrogens is 258 g/mol. The zero-order chi connectivity index (χ0) is 15.6. The lowest BCUT2D eigenvalue weighted by Gasteiger charge is -2.25. The monoisotopic (exact) mass is 285 g/mol. The van der Waals surface area contributed by atoms with Crippen molar-refractivity contribution in [2.24, 2.45) is 0 Å². The van der Waals surface area contributed by atoms with Crippen molar-refractivity contribution in [3.05, 3.63) is 57.5 Å². The van der Waals surface area contributed by atoms with Crippen molar-refractivity contribution in [1.82, 2.24) is 5.32 Å². The summed E-state index contributed by atoms with van der Waals surface area (Å²) in [5.74, 6) is 0.998. The van der Waals surface area contributed by atoms with Crippen LogP contribution in [0.1, 0.15) is 58.5 Å². The van der Waals surface area contributed by atoms with Crippen LogP contribution in [0, 0.1) is 34.6 Å². The van der Waals surface area contributed by atoms with E-state index < -0.39 is 0 Å². The summed E-state index contributed by atoms with van der Waals surface area (Å²) >= 11 is 0. The van der Waals surface area contributed by atoms with E-state index in [2.05, 4.69) is 52.9 Å². The van der Waals surface area contributed by atoms with E-state index >= 15 is 0 Å². The Hall–Kier alpha value is -1.54. The first-order chi connectivity index (χ1) is 9.99. The van der Waals surface area contributed by atoms with Crippen LogP contribution in [0.3, 0.4) is 0 Å². The van der Waals surface area contributed by atoms with Gasteiger partial charge in [-0.3, -0.25) is 0 Å². The summed E-state index contributed by atoms with van der Waals surface area (Å²) in [7, 11) is 0. The van der Waals surface area contributed by atoms with Crippen LogP contribution in [-0.2, 0) is 0 Å². The fraction of sp³-hybridized carbons (Fsp3) is 0.474. The molecule has 2 rings (SSSR count). The molecule has 1 unspecified atom stereocenters. The molecule has 0 radical (unpaired) electrons. The van der Waals surface area contributed by atoms with E-state index in [9.17, 15) is 0 Å². The molecule has 0 aliphatic rings. The Balaban J connectivity index is 2.60. The van der Waals surface area contributed by atoms with Crippen molar-refractivity contribution in [2.45, 2.75) is 54.0 Å². The maximum atomic E-state index is 5.70. The van der Waals surface area contributed by atoms with Gasteiger partial charge < -0.3 is 9.73 Å². The summed E-state index contributed by atoms with van der Waals surface area (Å²) in [4.78, 5) is 0. The van der Waals surface area contributed by atoms with Crippen LogP contribution in [0.25, 0.3) is 0 Å². The Labute approximate surface area is 128 Å². The summed E-state index contributed by atoms with van der Waals surface area (Å²) in [6.45, 7) is 14.3. The predicted molar refractivity (Wildman–Crippen MR) is 89.0 cm³/mol. The van der Waals surface area contributed by atoms with Crippen molar-refractivity contribution in [2.75, 3.05) is 6.54 Å². The number of furan rings is 1. The maximum Gasteiger partial charge on any atom is 0.125 e. The quantitative estimate of drug-likeness (QED) is 0.844. The number of hydrogen-bond acceptors (Lipinski definition) is 2. The maximum absolute atomic E-state index is 5.70. The second-order valence-electron chi connectivity index (χ2n) is 5.94. The molecule has 2 heteroatoms. The third kappa shape index (κ3) is 2.91. The topological polar surface area (TPSA) is 25.2 Å². The van der Waals surface area contributed by atoms with E-state index in [1.54, 1.807) is 6.26 Å². The zero-order valence-corrected chi connectivity index (χ0v) is 14.1.